The molecule has 2 aromatic rings. The first-order valence-electron chi connectivity index (χ1n) is 6.81. The first-order chi connectivity index (χ1) is 9.54. The van der Waals surface area contributed by atoms with Crippen molar-refractivity contribution in [2.75, 3.05) is 0 Å². The summed E-state index contributed by atoms with van der Waals surface area (Å²) in [6, 6.07) is 14.2. The summed E-state index contributed by atoms with van der Waals surface area (Å²) >= 11 is 6.08. The van der Waals surface area contributed by atoms with Gasteiger partial charge in [0.15, 0.2) is 0 Å². The molecule has 0 aliphatic carbocycles. The number of benzene rings is 2. The Morgan fingerprint density at radius 2 is 1.95 bits per heavy atom. The van der Waals surface area contributed by atoms with Gasteiger partial charge in [-0.3, -0.25) is 0 Å². The molecule has 0 heterocycles. The summed E-state index contributed by atoms with van der Waals surface area (Å²) in [4.78, 5) is 0. The number of aryl methyl sites for hydroxylation is 1. The minimum Gasteiger partial charge on any atom is -0.457 e. The van der Waals surface area contributed by atoms with Gasteiger partial charge < -0.3 is 10.1 Å². The highest BCUT2D eigenvalue weighted by molar-refractivity contribution is 6.30. The van der Waals surface area contributed by atoms with Gasteiger partial charge in [0, 0.05) is 23.2 Å². The zero-order valence-corrected chi connectivity index (χ0v) is 12.9. The fraction of sp³-hybridized carbons (Fsp3) is 0.294. The van der Waals surface area contributed by atoms with E-state index < -0.39 is 0 Å². The van der Waals surface area contributed by atoms with Crippen LogP contribution in [0.5, 0.6) is 11.5 Å². The maximum Gasteiger partial charge on any atom is 0.132 e. The maximum atomic E-state index is 6.08. The molecule has 0 aliphatic heterocycles. The quantitative estimate of drug-likeness (QED) is 0.842. The lowest BCUT2D eigenvalue weighted by Gasteiger charge is -2.14. The highest BCUT2D eigenvalue weighted by atomic mass is 35.5. The summed E-state index contributed by atoms with van der Waals surface area (Å²) in [5, 5.41) is 4.11. The average Bonchev–Trinajstić information content (AvgIpc) is 2.39. The molecule has 2 rings (SSSR count). The van der Waals surface area contributed by atoms with E-state index in [-0.39, 0.29) is 0 Å². The number of rotatable bonds is 5. The second-order valence-electron chi connectivity index (χ2n) is 5.21. The summed E-state index contributed by atoms with van der Waals surface area (Å²) in [6.07, 6.45) is 0. The SMILES string of the molecule is Cc1cccc(Oc2ccc(Cl)cc2CNC(C)C)c1. The predicted octanol–water partition coefficient (Wildman–Crippen LogP) is 4.94. The maximum absolute atomic E-state index is 6.08. The van der Waals surface area contributed by atoms with Gasteiger partial charge in [-0.1, -0.05) is 37.6 Å². The summed E-state index contributed by atoms with van der Waals surface area (Å²) in [5.41, 5.74) is 2.24. The molecule has 0 fully saturated rings. The Morgan fingerprint density at radius 3 is 2.65 bits per heavy atom. The minimum atomic E-state index is 0.417. The lowest BCUT2D eigenvalue weighted by atomic mass is 10.2. The van der Waals surface area contributed by atoms with E-state index >= 15 is 0 Å². The molecule has 0 spiro atoms. The van der Waals surface area contributed by atoms with E-state index in [9.17, 15) is 0 Å². The van der Waals surface area contributed by atoms with Crippen LogP contribution < -0.4 is 10.1 Å². The first kappa shape index (κ1) is 14.9. The van der Waals surface area contributed by atoms with E-state index in [1.165, 1.54) is 5.56 Å². The molecule has 2 aromatic carbocycles. The van der Waals surface area contributed by atoms with Crippen molar-refractivity contribution in [3.63, 3.8) is 0 Å². The van der Waals surface area contributed by atoms with E-state index in [1.54, 1.807) is 0 Å². The molecular weight excluding hydrogens is 270 g/mol. The number of nitrogens with one attached hydrogen (secondary N) is 1. The van der Waals surface area contributed by atoms with Gasteiger partial charge >= 0.3 is 0 Å². The topological polar surface area (TPSA) is 21.3 Å². The molecule has 0 amide bonds. The van der Waals surface area contributed by atoms with Crippen LogP contribution in [0, 0.1) is 6.92 Å². The molecule has 0 atom stereocenters. The van der Waals surface area contributed by atoms with E-state index in [1.807, 2.05) is 36.4 Å². The van der Waals surface area contributed by atoms with Crippen LogP contribution in [0.2, 0.25) is 5.02 Å². The molecular formula is C17H20ClNO. The second-order valence-corrected chi connectivity index (χ2v) is 5.64. The van der Waals surface area contributed by atoms with E-state index in [2.05, 4.69) is 32.2 Å². The predicted molar refractivity (Wildman–Crippen MR) is 84.7 cm³/mol. The molecule has 20 heavy (non-hydrogen) atoms. The van der Waals surface area contributed by atoms with Gasteiger partial charge in [-0.05, 0) is 42.8 Å². The highest BCUT2D eigenvalue weighted by Gasteiger charge is 2.07. The molecule has 1 N–H and O–H groups in total. The van der Waals surface area contributed by atoms with Crippen LogP contribution in [0.15, 0.2) is 42.5 Å². The van der Waals surface area contributed by atoms with E-state index in [0.29, 0.717) is 6.04 Å². The third-order valence-corrected chi connectivity index (χ3v) is 3.18. The lowest BCUT2D eigenvalue weighted by molar-refractivity contribution is 0.469. The van der Waals surface area contributed by atoms with Gasteiger partial charge in [0.05, 0.1) is 0 Å². The summed E-state index contributed by atoms with van der Waals surface area (Å²) in [6.45, 7) is 7.02. The van der Waals surface area contributed by atoms with Crippen molar-refractivity contribution in [1.29, 1.82) is 0 Å². The van der Waals surface area contributed by atoms with Gasteiger partial charge in [-0.2, -0.15) is 0 Å². The normalized spacial score (nSPS) is 10.8. The number of ether oxygens (including phenoxy) is 1. The van der Waals surface area contributed by atoms with Gasteiger partial charge in [0.25, 0.3) is 0 Å². The van der Waals surface area contributed by atoms with Crippen molar-refractivity contribution in [2.45, 2.75) is 33.4 Å². The second kappa shape index (κ2) is 6.78. The molecule has 0 saturated heterocycles. The smallest absolute Gasteiger partial charge is 0.132 e. The molecule has 0 radical (unpaired) electrons. The van der Waals surface area contributed by atoms with E-state index in [4.69, 9.17) is 16.3 Å². The third-order valence-electron chi connectivity index (χ3n) is 2.94. The van der Waals surface area contributed by atoms with Gasteiger partial charge in [-0.15, -0.1) is 0 Å². The number of hydrogen-bond acceptors (Lipinski definition) is 2. The Balaban J connectivity index is 2.21. The molecule has 3 heteroatoms. The van der Waals surface area contributed by atoms with Crippen LogP contribution in [0.1, 0.15) is 25.0 Å². The Morgan fingerprint density at radius 1 is 1.15 bits per heavy atom. The fourth-order valence-corrected chi connectivity index (χ4v) is 2.10. The zero-order chi connectivity index (χ0) is 14.5. The van der Waals surface area contributed by atoms with Crippen molar-refractivity contribution in [3.05, 3.63) is 58.6 Å². The molecule has 0 aliphatic rings. The van der Waals surface area contributed by atoms with Gasteiger partial charge in [0.2, 0.25) is 0 Å². The minimum absolute atomic E-state index is 0.417. The van der Waals surface area contributed by atoms with E-state index in [0.717, 1.165) is 28.6 Å². The van der Waals surface area contributed by atoms with Crippen LogP contribution in [-0.2, 0) is 6.54 Å². The number of halogens is 1. The van der Waals surface area contributed by atoms with Crippen molar-refractivity contribution < 1.29 is 4.74 Å². The Labute approximate surface area is 125 Å². The van der Waals surface area contributed by atoms with Crippen molar-refractivity contribution in [3.8, 4) is 11.5 Å². The Hall–Kier alpha value is -1.51. The summed E-state index contributed by atoms with van der Waals surface area (Å²) < 4.78 is 5.98. The van der Waals surface area contributed by atoms with Gasteiger partial charge in [-0.25, -0.2) is 0 Å². The molecule has 0 unspecified atom stereocenters. The average molecular weight is 290 g/mol. The molecule has 0 bridgehead atoms. The molecule has 0 aromatic heterocycles. The van der Waals surface area contributed by atoms with Gasteiger partial charge in [0.1, 0.15) is 11.5 Å². The zero-order valence-electron chi connectivity index (χ0n) is 12.1. The fourth-order valence-electron chi connectivity index (χ4n) is 1.91. The first-order valence-corrected chi connectivity index (χ1v) is 7.19. The highest BCUT2D eigenvalue weighted by Crippen LogP contribution is 2.28. The van der Waals surface area contributed by atoms with Crippen LogP contribution in [0.3, 0.4) is 0 Å². The van der Waals surface area contributed by atoms with Crippen LogP contribution in [0.4, 0.5) is 0 Å². The monoisotopic (exact) mass is 289 g/mol. The molecule has 106 valence electrons. The third kappa shape index (κ3) is 4.26. The van der Waals surface area contributed by atoms with Crippen molar-refractivity contribution >= 4 is 11.6 Å². The Bertz CT molecular complexity index is 581. The summed E-state index contributed by atoms with van der Waals surface area (Å²) in [5.74, 6) is 1.69. The molecule has 0 saturated carbocycles. The summed E-state index contributed by atoms with van der Waals surface area (Å²) in [7, 11) is 0. The standard InChI is InChI=1S/C17H20ClNO/c1-12(2)19-11-14-10-15(18)7-8-17(14)20-16-6-4-5-13(3)9-16/h4-10,12,19H,11H2,1-3H3. The lowest BCUT2D eigenvalue weighted by Crippen LogP contribution is -2.22. The number of hydrogen-bond donors (Lipinski definition) is 1. The largest absolute Gasteiger partial charge is 0.457 e. The van der Waals surface area contributed by atoms with Crippen molar-refractivity contribution in [1.82, 2.24) is 5.32 Å². The Kier molecular flexibility index (Phi) is 5.05. The molecule has 2 nitrogen and oxygen atoms in total. The van der Waals surface area contributed by atoms with Crippen LogP contribution >= 0.6 is 11.6 Å². The van der Waals surface area contributed by atoms with Crippen LogP contribution in [0.25, 0.3) is 0 Å². The van der Waals surface area contributed by atoms with Crippen molar-refractivity contribution in [2.24, 2.45) is 0 Å². The van der Waals surface area contributed by atoms with Crippen LogP contribution in [-0.4, -0.2) is 6.04 Å².